The standard InChI is InChI=1S/C19H21BrN2O4/c1-12(2)15-10-13(20)8-9-17(15)26-11-18(23)21-22-19(24)14-6-4-5-7-16(14)25-3/h4-10,12H,11H2,1-3H3,(H,21,23)(H,22,24). The van der Waals surface area contributed by atoms with Crippen molar-refractivity contribution in [2.24, 2.45) is 0 Å². The van der Waals surface area contributed by atoms with Crippen molar-refractivity contribution in [2.45, 2.75) is 19.8 Å². The Bertz CT molecular complexity index is 793. The molecule has 0 aromatic heterocycles. The lowest BCUT2D eigenvalue weighted by Gasteiger charge is -2.15. The fourth-order valence-corrected chi connectivity index (χ4v) is 2.69. The molecule has 0 atom stereocenters. The summed E-state index contributed by atoms with van der Waals surface area (Å²) < 4.78 is 11.7. The topological polar surface area (TPSA) is 76.7 Å². The number of hydrogen-bond donors (Lipinski definition) is 2. The molecule has 2 aromatic rings. The maximum Gasteiger partial charge on any atom is 0.276 e. The second kappa shape index (κ2) is 9.24. The number of halogens is 1. The third-order valence-electron chi connectivity index (χ3n) is 3.62. The third kappa shape index (κ3) is 5.23. The van der Waals surface area contributed by atoms with E-state index in [1.165, 1.54) is 7.11 Å². The molecule has 0 unspecified atom stereocenters. The first-order valence-corrected chi connectivity index (χ1v) is 8.86. The van der Waals surface area contributed by atoms with Gasteiger partial charge in [-0.2, -0.15) is 0 Å². The van der Waals surface area contributed by atoms with Crippen molar-refractivity contribution in [3.05, 3.63) is 58.1 Å². The number of carbonyl (C=O) groups excluding carboxylic acids is 2. The van der Waals surface area contributed by atoms with E-state index in [1.807, 2.05) is 26.0 Å². The first-order valence-electron chi connectivity index (χ1n) is 8.06. The van der Waals surface area contributed by atoms with Crippen molar-refractivity contribution in [1.82, 2.24) is 10.9 Å². The average Bonchev–Trinajstić information content (AvgIpc) is 2.64. The largest absolute Gasteiger partial charge is 0.496 e. The van der Waals surface area contributed by atoms with Gasteiger partial charge in [0.2, 0.25) is 0 Å². The van der Waals surface area contributed by atoms with E-state index in [0.717, 1.165) is 10.0 Å². The van der Waals surface area contributed by atoms with Crippen LogP contribution in [0, 0.1) is 0 Å². The van der Waals surface area contributed by atoms with Gasteiger partial charge >= 0.3 is 0 Å². The maximum absolute atomic E-state index is 12.1. The van der Waals surface area contributed by atoms with Gasteiger partial charge in [0.1, 0.15) is 11.5 Å². The molecule has 138 valence electrons. The number of benzene rings is 2. The van der Waals surface area contributed by atoms with Gasteiger partial charge in [-0.15, -0.1) is 0 Å². The molecule has 0 radical (unpaired) electrons. The molecule has 0 heterocycles. The Morgan fingerprint density at radius 1 is 1.08 bits per heavy atom. The second-order valence-corrected chi connectivity index (χ2v) is 6.74. The molecule has 2 aromatic carbocycles. The van der Waals surface area contributed by atoms with Crippen LogP contribution >= 0.6 is 15.9 Å². The van der Waals surface area contributed by atoms with E-state index in [0.29, 0.717) is 17.1 Å². The Labute approximate surface area is 161 Å². The SMILES string of the molecule is COc1ccccc1C(=O)NNC(=O)COc1ccc(Br)cc1C(C)C. The predicted octanol–water partition coefficient (Wildman–Crippen LogP) is 3.42. The van der Waals surface area contributed by atoms with Gasteiger partial charge in [-0.1, -0.05) is 41.9 Å². The first-order chi connectivity index (χ1) is 12.4. The molecule has 0 aliphatic heterocycles. The van der Waals surface area contributed by atoms with E-state index < -0.39 is 11.8 Å². The number of para-hydroxylation sites is 1. The number of carbonyl (C=O) groups is 2. The summed E-state index contributed by atoms with van der Waals surface area (Å²) >= 11 is 3.43. The summed E-state index contributed by atoms with van der Waals surface area (Å²) in [5.41, 5.74) is 6.00. The van der Waals surface area contributed by atoms with Crippen LogP contribution in [0.2, 0.25) is 0 Å². The molecule has 0 aliphatic carbocycles. The van der Waals surface area contributed by atoms with Gasteiger partial charge in [0.15, 0.2) is 6.61 Å². The average molecular weight is 421 g/mol. The van der Waals surface area contributed by atoms with E-state index in [9.17, 15) is 9.59 Å². The monoisotopic (exact) mass is 420 g/mol. The van der Waals surface area contributed by atoms with E-state index in [1.54, 1.807) is 30.3 Å². The van der Waals surface area contributed by atoms with Gasteiger partial charge in [0.05, 0.1) is 12.7 Å². The van der Waals surface area contributed by atoms with Crippen molar-refractivity contribution < 1.29 is 19.1 Å². The minimum absolute atomic E-state index is 0.215. The molecule has 0 aliphatic rings. The van der Waals surface area contributed by atoms with Crippen LogP contribution in [0.15, 0.2) is 46.9 Å². The predicted molar refractivity (Wildman–Crippen MR) is 102 cm³/mol. The summed E-state index contributed by atoms with van der Waals surface area (Å²) in [6.45, 7) is 3.87. The molecule has 0 bridgehead atoms. The van der Waals surface area contributed by atoms with Crippen LogP contribution in [0.1, 0.15) is 35.7 Å². The van der Waals surface area contributed by atoms with Crippen molar-refractivity contribution in [3.63, 3.8) is 0 Å². The van der Waals surface area contributed by atoms with Crippen LogP contribution < -0.4 is 20.3 Å². The quantitative estimate of drug-likeness (QED) is 0.701. The molecule has 2 N–H and O–H groups in total. The molecular weight excluding hydrogens is 400 g/mol. The number of nitrogens with one attached hydrogen (secondary N) is 2. The zero-order chi connectivity index (χ0) is 19.1. The molecule has 2 amide bonds. The number of methoxy groups -OCH3 is 1. The third-order valence-corrected chi connectivity index (χ3v) is 4.11. The van der Waals surface area contributed by atoms with E-state index in [2.05, 4.69) is 26.8 Å². The Hall–Kier alpha value is -2.54. The second-order valence-electron chi connectivity index (χ2n) is 5.83. The Morgan fingerprint density at radius 2 is 1.81 bits per heavy atom. The highest BCUT2D eigenvalue weighted by Gasteiger charge is 2.14. The number of ether oxygens (including phenoxy) is 2. The molecule has 26 heavy (non-hydrogen) atoms. The minimum atomic E-state index is -0.470. The smallest absolute Gasteiger partial charge is 0.276 e. The normalized spacial score (nSPS) is 10.3. The Balaban J connectivity index is 1.91. The van der Waals surface area contributed by atoms with Crippen molar-refractivity contribution in [1.29, 1.82) is 0 Å². The summed E-state index contributed by atoms with van der Waals surface area (Å²) in [5, 5.41) is 0. The molecule has 0 fully saturated rings. The number of hydrazine groups is 1. The van der Waals surface area contributed by atoms with Crippen LogP contribution in [-0.4, -0.2) is 25.5 Å². The van der Waals surface area contributed by atoms with E-state index in [-0.39, 0.29) is 12.5 Å². The maximum atomic E-state index is 12.1. The summed E-state index contributed by atoms with van der Waals surface area (Å²) in [6.07, 6.45) is 0. The lowest BCUT2D eigenvalue weighted by Crippen LogP contribution is -2.44. The van der Waals surface area contributed by atoms with E-state index in [4.69, 9.17) is 9.47 Å². The van der Waals surface area contributed by atoms with Gasteiger partial charge in [-0.25, -0.2) is 0 Å². The highest BCUT2D eigenvalue weighted by molar-refractivity contribution is 9.10. The fourth-order valence-electron chi connectivity index (χ4n) is 2.31. The van der Waals surface area contributed by atoms with Crippen molar-refractivity contribution in [3.8, 4) is 11.5 Å². The summed E-state index contributed by atoms with van der Waals surface area (Å²) in [5.74, 6) is 0.366. The number of rotatable bonds is 6. The molecule has 0 saturated heterocycles. The lowest BCUT2D eigenvalue weighted by atomic mass is 10.0. The zero-order valence-corrected chi connectivity index (χ0v) is 16.4. The van der Waals surface area contributed by atoms with Gasteiger partial charge < -0.3 is 9.47 Å². The molecule has 6 nitrogen and oxygen atoms in total. The zero-order valence-electron chi connectivity index (χ0n) is 14.8. The molecule has 2 rings (SSSR count). The summed E-state index contributed by atoms with van der Waals surface area (Å²) in [4.78, 5) is 24.1. The van der Waals surface area contributed by atoms with Crippen molar-refractivity contribution >= 4 is 27.7 Å². The summed E-state index contributed by atoms with van der Waals surface area (Å²) in [6, 6.07) is 12.4. The minimum Gasteiger partial charge on any atom is -0.496 e. The number of hydrogen-bond acceptors (Lipinski definition) is 4. The van der Waals surface area contributed by atoms with Crippen molar-refractivity contribution in [2.75, 3.05) is 13.7 Å². The molecule has 0 saturated carbocycles. The summed E-state index contributed by atoms with van der Waals surface area (Å²) in [7, 11) is 1.48. The highest BCUT2D eigenvalue weighted by Crippen LogP contribution is 2.29. The van der Waals surface area contributed by atoms with Crippen LogP contribution in [0.25, 0.3) is 0 Å². The van der Waals surface area contributed by atoms with Crippen LogP contribution in [0.5, 0.6) is 11.5 Å². The van der Waals surface area contributed by atoms with E-state index >= 15 is 0 Å². The van der Waals surface area contributed by atoms with Gasteiger partial charge in [0, 0.05) is 4.47 Å². The first kappa shape index (κ1) is 19.8. The molecule has 7 heteroatoms. The van der Waals surface area contributed by atoms with Gasteiger partial charge in [-0.3, -0.25) is 20.4 Å². The van der Waals surface area contributed by atoms with Gasteiger partial charge in [-0.05, 0) is 41.8 Å². The Morgan fingerprint density at radius 3 is 2.50 bits per heavy atom. The lowest BCUT2D eigenvalue weighted by molar-refractivity contribution is -0.123. The highest BCUT2D eigenvalue weighted by atomic mass is 79.9. The van der Waals surface area contributed by atoms with Crippen LogP contribution in [-0.2, 0) is 4.79 Å². The molecular formula is C19H21BrN2O4. The van der Waals surface area contributed by atoms with Crippen LogP contribution in [0.4, 0.5) is 0 Å². The van der Waals surface area contributed by atoms with Crippen LogP contribution in [0.3, 0.4) is 0 Å². The number of amides is 2. The Kier molecular flexibility index (Phi) is 7.03. The fraction of sp³-hybridized carbons (Fsp3) is 0.263. The van der Waals surface area contributed by atoms with Gasteiger partial charge in [0.25, 0.3) is 11.8 Å². The molecule has 0 spiro atoms.